The van der Waals surface area contributed by atoms with Gasteiger partial charge in [0.1, 0.15) is 0 Å². The van der Waals surface area contributed by atoms with Gasteiger partial charge in [0.05, 0.1) is 13.0 Å². The highest BCUT2D eigenvalue weighted by Crippen LogP contribution is 2.18. The number of primary amides is 1. The topological polar surface area (TPSA) is 101 Å². The van der Waals surface area contributed by atoms with Crippen LogP contribution in [0, 0.1) is 0 Å². The molecule has 3 amide bonds. The average Bonchev–Trinajstić information content (AvgIpc) is 2.71. The first-order valence-electron chi connectivity index (χ1n) is 8.92. The number of benzene rings is 3. The van der Waals surface area contributed by atoms with Crippen LogP contribution >= 0.6 is 0 Å². The van der Waals surface area contributed by atoms with E-state index in [0.717, 1.165) is 21.9 Å². The first-order valence-corrected chi connectivity index (χ1v) is 8.92. The van der Waals surface area contributed by atoms with Crippen molar-refractivity contribution in [2.45, 2.75) is 13.0 Å². The van der Waals surface area contributed by atoms with Crippen molar-refractivity contribution in [3.63, 3.8) is 0 Å². The molecule has 0 bridgehead atoms. The Balaban J connectivity index is 1.56. The average molecular weight is 375 g/mol. The maximum absolute atomic E-state index is 12.3. The predicted octanol–water partition coefficient (Wildman–Crippen LogP) is 1.91. The van der Waals surface area contributed by atoms with Crippen molar-refractivity contribution in [1.29, 1.82) is 0 Å². The van der Waals surface area contributed by atoms with Gasteiger partial charge in [-0.3, -0.25) is 14.4 Å². The molecule has 0 saturated heterocycles. The molecule has 28 heavy (non-hydrogen) atoms. The second kappa shape index (κ2) is 8.81. The number of nitrogens with one attached hydrogen (secondary N) is 2. The molecule has 3 aromatic rings. The third kappa shape index (κ3) is 4.94. The van der Waals surface area contributed by atoms with Crippen molar-refractivity contribution in [2.75, 3.05) is 6.54 Å². The molecule has 0 aliphatic rings. The molecule has 6 nitrogen and oxygen atoms in total. The molecule has 0 atom stereocenters. The third-order valence-electron chi connectivity index (χ3n) is 4.36. The molecule has 0 radical (unpaired) electrons. The highest BCUT2D eigenvalue weighted by atomic mass is 16.2. The maximum atomic E-state index is 12.3. The monoisotopic (exact) mass is 375 g/mol. The van der Waals surface area contributed by atoms with Crippen molar-refractivity contribution in [1.82, 2.24) is 10.6 Å². The lowest BCUT2D eigenvalue weighted by atomic mass is 10.0. The lowest BCUT2D eigenvalue weighted by Gasteiger charge is -2.09. The predicted molar refractivity (Wildman–Crippen MR) is 107 cm³/mol. The smallest absolute Gasteiger partial charge is 0.251 e. The second-order valence-electron chi connectivity index (χ2n) is 6.44. The fourth-order valence-corrected chi connectivity index (χ4v) is 2.93. The summed E-state index contributed by atoms with van der Waals surface area (Å²) in [4.78, 5) is 34.9. The fraction of sp³-hybridized carbons (Fsp3) is 0.136. The molecule has 4 N–H and O–H groups in total. The van der Waals surface area contributed by atoms with E-state index >= 15 is 0 Å². The zero-order valence-corrected chi connectivity index (χ0v) is 15.3. The van der Waals surface area contributed by atoms with Gasteiger partial charge in [-0.1, -0.05) is 54.6 Å². The SMILES string of the molecule is NC(=O)CNC(=O)c1ccc(CNC(=O)Cc2cccc3ccccc23)cc1. The van der Waals surface area contributed by atoms with Crippen LogP contribution < -0.4 is 16.4 Å². The third-order valence-corrected chi connectivity index (χ3v) is 4.36. The molecule has 0 fully saturated rings. The van der Waals surface area contributed by atoms with Crippen molar-refractivity contribution in [2.24, 2.45) is 5.73 Å². The highest BCUT2D eigenvalue weighted by Gasteiger charge is 2.08. The van der Waals surface area contributed by atoms with E-state index in [1.807, 2.05) is 42.5 Å². The fourth-order valence-electron chi connectivity index (χ4n) is 2.93. The van der Waals surface area contributed by atoms with Gasteiger partial charge < -0.3 is 16.4 Å². The van der Waals surface area contributed by atoms with E-state index in [1.165, 1.54) is 0 Å². The van der Waals surface area contributed by atoms with Gasteiger partial charge >= 0.3 is 0 Å². The Morgan fingerprint density at radius 1 is 0.821 bits per heavy atom. The van der Waals surface area contributed by atoms with Gasteiger partial charge in [0, 0.05) is 12.1 Å². The molecule has 3 rings (SSSR count). The van der Waals surface area contributed by atoms with Crippen LogP contribution in [0.25, 0.3) is 10.8 Å². The van der Waals surface area contributed by atoms with Crippen LogP contribution in [0.4, 0.5) is 0 Å². The van der Waals surface area contributed by atoms with Crippen LogP contribution in [-0.2, 0) is 22.6 Å². The van der Waals surface area contributed by atoms with Crippen LogP contribution in [0.2, 0.25) is 0 Å². The van der Waals surface area contributed by atoms with E-state index in [9.17, 15) is 14.4 Å². The summed E-state index contributed by atoms with van der Waals surface area (Å²) in [6.07, 6.45) is 0.301. The Bertz CT molecular complexity index is 1010. The normalized spacial score (nSPS) is 10.4. The van der Waals surface area contributed by atoms with E-state index in [2.05, 4.69) is 10.6 Å². The first kappa shape index (κ1) is 19.1. The van der Waals surface area contributed by atoms with Gasteiger partial charge in [-0.05, 0) is 34.0 Å². The van der Waals surface area contributed by atoms with E-state index in [-0.39, 0.29) is 18.4 Å². The Morgan fingerprint density at radius 2 is 1.54 bits per heavy atom. The second-order valence-corrected chi connectivity index (χ2v) is 6.44. The maximum Gasteiger partial charge on any atom is 0.251 e. The number of amides is 3. The minimum Gasteiger partial charge on any atom is -0.368 e. The molecule has 0 saturated carbocycles. The number of carbonyl (C=O) groups is 3. The zero-order chi connectivity index (χ0) is 19.9. The molecule has 0 unspecified atom stereocenters. The Morgan fingerprint density at radius 3 is 2.29 bits per heavy atom. The van der Waals surface area contributed by atoms with Gasteiger partial charge in [0.2, 0.25) is 11.8 Å². The lowest BCUT2D eigenvalue weighted by molar-refractivity contribution is -0.120. The first-order chi connectivity index (χ1) is 13.5. The van der Waals surface area contributed by atoms with Crippen LogP contribution in [0.3, 0.4) is 0 Å². The Hall–Kier alpha value is -3.67. The quantitative estimate of drug-likeness (QED) is 0.588. The molecule has 0 aliphatic carbocycles. The minimum atomic E-state index is -0.598. The van der Waals surface area contributed by atoms with E-state index in [0.29, 0.717) is 18.5 Å². The number of fused-ring (bicyclic) bond motifs is 1. The van der Waals surface area contributed by atoms with Gasteiger partial charge in [-0.2, -0.15) is 0 Å². The molecule has 0 heterocycles. The number of rotatable bonds is 7. The summed E-state index contributed by atoms with van der Waals surface area (Å²) in [6.45, 7) is 0.164. The zero-order valence-electron chi connectivity index (χ0n) is 15.3. The summed E-state index contributed by atoms with van der Waals surface area (Å²) in [5.41, 5.74) is 7.28. The molecular formula is C22H21N3O3. The van der Waals surface area contributed by atoms with Gasteiger partial charge in [-0.15, -0.1) is 0 Å². The van der Waals surface area contributed by atoms with Gasteiger partial charge in [-0.25, -0.2) is 0 Å². The summed E-state index contributed by atoms with van der Waals surface area (Å²) in [7, 11) is 0. The van der Waals surface area contributed by atoms with Crippen LogP contribution in [0.15, 0.2) is 66.7 Å². The Labute approximate surface area is 162 Å². The molecule has 3 aromatic carbocycles. The molecule has 6 heteroatoms. The standard InChI is InChI=1S/C22H21N3O3/c23-20(26)14-25-22(28)17-10-8-15(9-11-17)13-24-21(27)12-18-6-3-5-16-4-1-2-7-19(16)18/h1-11H,12-14H2,(H2,23,26)(H,24,27)(H,25,28). The summed E-state index contributed by atoms with van der Waals surface area (Å²) < 4.78 is 0. The molecule has 142 valence electrons. The highest BCUT2D eigenvalue weighted by molar-refractivity contribution is 5.96. The molecular weight excluding hydrogens is 354 g/mol. The van der Waals surface area contributed by atoms with Crippen molar-refractivity contribution in [3.8, 4) is 0 Å². The van der Waals surface area contributed by atoms with Crippen LogP contribution in [0.1, 0.15) is 21.5 Å². The van der Waals surface area contributed by atoms with Crippen molar-refractivity contribution >= 4 is 28.5 Å². The van der Waals surface area contributed by atoms with Crippen molar-refractivity contribution in [3.05, 3.63) is 83.4 Å². The summed E-state index contributed by atoms with van der Waals surface area (Å²) >= 11 is 0. The number of hydrogen-bond donors (Lipinski definition) is 3. The van der Waals surface area contributed by atoms with E-state index in [4.69, 9.17) is 5.73 Å². The minimum absolute atomic E-state index is 0.0698. The van der Waals surface area contributed by atoms with Gasteiger partial charge in [0.15, 0.2) is 0 Å². The number of nitrogens with two attached hydrogens (primary N) is 1. The molecule has 0 aliphatic heterocycles. The van der Waals surface area contributed by atoms with Crippen molar-refractivity contribution < 1.29 is 14.4 Å². The summed E-state index contributed by atoms with van der Waals surface area (Å²) in [5.74, 6) is -1.04. The molecule has 0 aromatic heterocycles. The van der Waals surface area contributed by atoms with E-state index in [1.54, 1.807) is 24.3 Å². The Kier molecular flexibility index (Phi) is 6.01. The summed E-state index contributed by atoms with van der Waals surface area (Å²) in [5, 5.41) is 7.51. The largest absolute Gasteiger partial charge is 0.368 e. The lowest BCUT2D eigenvalue weighted by Crippen LogP contribution is -2.33. The number of hydrogen-bond acceptors (Lipinski definition) is 3. The van der Waals surface area contributed by atoms with Crippen LogP contribution in [-0.4, -0.2) is 24.3 Å². The van der Waals surface area contributed by atoms with E-state index < -0.39 is 5.91 Å². The summed E-state index contributed by atoms with van der Waals surface area (Å²) in [6, 6.07) is 20.7. The molecule has 0 spiro atoms. The number of carbonyl (C=O) groups excluding carboxylic acids is 3. The van der Waals surface area contributed by atoms with Crippen LogP contribution in [0.5, 0.6) is 0 Å². The van der Waals surface area contributed by atoms with Gasteiger partial charge in [0.25, 0.3) is 5.91 Å².